The lowest BCUT2D eigenvalue weighted by Gasteiger charge is -2.30. The lowest BCUT2D eigenvalue weighted by Crippen LogP contribution is -2.39. The molecule has 0 spiro atoms. The first-order valence-electron chi connectivity index (χ1n) is 10.9. The van der Waals surface area contributed by atoms with Crippen LogP contribution >= 0.6 is 11.3 Å². The van der Waals surface area contributed by atoms with Crippen LogP contribution in [0.5, 0.6) is 0 Å². The number of carbonyl (C=O) groups is 1. The van der Waals surface area contributed by atoms with E-state index < -0.39 is 0 Å². The molecule has 1 fully saturated rings. The maximum absolute atomic E-state index is 12.6. The average molecular weight is 447 g/mol. The number of amides is 1. The van der Waals surface area contributed by atoms with Gasteiger partial charge < -0.3 is 5.32 Å². The van der Waals surface area contributed by atoms with Gasteiger partial charge in [-0.15, -0.1) is 21.5 Å². The summed E-state index contributed by atoms with van der Waals surface area (Å²) >= 11 is 1.46. The molecule has 32 heavy (non-hydrogen) atoms. The molecule has 5 rings (SSSR count). The van der Waals surface area contributed by atoms with Crippen molar-refractivity contribution >= 4 is 28.0 Å². The number of aryl methyl sites for hydroxylation is 2. The number of thiazole rings is 1. The Morgan fingerprint density at radius 1 is 1.12 bits per heavy atom. The van der Waals surface area contributed by atoms with Crippen LogP contribution in [-0.4, -0.2) is 50.0 Å². The van der Waals surface area contributed by atoms with Crippen molar-refractivity contribution < 1.29 is 4.79 Å². The van der Waals surface area contributed by atoms with E-state index in [0.29, 0.717) is 17.6 Å². The highest BCUT2D eigenvalue weighted by Gasteiger charge is 2.25. The van der Waals surface area contributed by atoms with Crippen LogP contribution in [0, 0.1) is 13.8 Å². The van der Waals surface area contributed by atoms with Gasteiger partial charge >= 0.3 is 0 Å². The zero-order chi connectivity index (χ0) is 22.1. The molecule has 0 saturated carbocycles. The molecule has 7 nitrogen and oxygen atoms in total. The summed E-state index contributed by atoms with van der Waals surface area (Å²) in [5.74, 6) is 1.37. The molecule has 1 saturated heterocycles. The summed E-state index contributed by atoms with van der Waals surface area (Å²) in [5, 5.41) is 14.3. The number of piperidine rings is 1. The second-order valence-corrected chi connectivity index (χ2v) is 9.28. The molecule has 1 amide bonds. The van der Waals surface area contributed by atoms with E-state index in [9.17, 15) is 4.79 Å². The van der Waals surface area contributed by atoms with Crippen molar-refractivity contribution in [3.63, 3.8) is 0 Å². The van der Waals surface area contributed by atoms with Crippen molar-refractivity contribution in [3.8, 4) is 11.3 Å². The van der Waals surface area contributed by atoms with E-state index in [1.54, 1.807) is 0 Å². The van der Waals surface area contributed by atoms with Gasteiger partial charge in [-0.1, -0.05) is 18.2 Å². The molecular formula is C24H26N6OS. The summed E-state index contributed by atoms with van der Waals surface area (Å²) in [6.07, 6.45) is 3.96. The summed E-state index contributed by atoms with van der Waals surface area (Å²) in [6.45, 7) is 6.31. The smallest absolute Gasteiger partial charge is 0.240 e. The Morgan fingerprint density at radius 3 is 2.78 bits per heavy atom. The number of pyridine rings is 1. The van der Waals surface area contributed by atoms with Gasteiger partial charge in [-0.3, -0.25) is 14.1 Å². The van der Waals surface area contributed by atoms with Crippen LogP contribution in [0.3, 0.4) is 0 Å². The highest BCUT2D eigenvalue weighted by atomic mass is 32.1. The quantitative estimate of drug-likeness (QED) is 0.495. The number of nitrogens with zero attached hydrogens (tertiary/aromatic N) is 5. The summed E-state index contributed by atoms with van der Waals surface area (Å²) < 4.78 is 2.07. The zero-order valence-electron chi connectivity index (χ0n) is 18.3. The van der Waals surface area contributed by atoms with Gasteiger partial charge in [-0.05, 0) is 69.1 Å². The van der Waals surface area contributed by atoms with Crippen molar-refractivity contribution in [2.75, 3.05) is 25.0 Å². The Labute approximate surface area is 191 Å². The molecule has 0 unspecified atom stereocenters. The third-order valence-electron chi connectivity index (χ3n) is 6.21. The molecular weight excluding hydrogens is 420 g/mol. The van der Waals surface area contributed by atoms with E-state index in [2.05, 4.69) is 61.8 Å². The minimum Gasteiger partial charge on any atom is -0.301 e. The number of fused-ring (bicyclic) bond motifs is 1. The van der Waals surface area contributed by atoms with Crippen LogP contribution in [0.1, 0.15) is 35.7 Å². The Bertz CT molecular complexity index is 1250. The van der Waals surface area contributed by atoms with E-state index in [1.807, 2.05) is 29.8 Å². The summed E-state index contributed by atoms with van der Waals surface area (Å²) in [7, 11) is 0. The van der Waals surface area contributed by atoms with Gasteiger partial charge in [-0.2, -0.15) is 0 Å². The third kappa shape index (κ3) is 4.28. The zero-order valence-corrected chi connectivity index (χ0v) is 19.1. The van der Waals surface area contributed by atoms with Gasteiger partial charge in [0, 0.05) is 23.1 Å². The van der Waals surface area contributed by atoms with E-state index >= 15 is 0 Å². The minimum absolute atomic E-state index is 0.0163. The second kappa shape index (κ2) is 8.80. The van der Waals surface area contributed by atoms with Crippen molar-refractivity contribution in [1.82, 2.24) is 24.5 Å². The monoisotopic (exact) mass is 446 g/mol. The number of hydrogen-bond donors (Lipinski definition) is 1. The molecule has 4 aromatic rings. The Kier molecular flexibility index (Phi) is 5.71. The first-order valence-corrected chi connectivity index (χ1v) is 11.8. The molecule has 1 aliphatic heterocycles. The normalized spacial score (nSPS) is 15.3. The molecule has 0 radical (unpaired) electrons. The Hall–Kier alpha value is -3.10. The van der Waals surface area contributed by atoms with Crippen LogP contribution in [0.25, 0.3) is 16.9 Å². The van der Waals surface area contributed by atoms with E-state index in [-0.39, 0.29) is 5.91 Å². The molecule has 8 heteroatoms. The molecule has 0 bridgehead atoms. The number of rotatable bonds is 5. The van der Waals surface area contributed by atoms with Gasteiger partial charge in [0.1, 0.15) is 5.82 Å². The number of aromatic nitrogens is 4. The highest BCUT2D eigenvalue weighted by Crippen LogP contribution is 2.28. The largest absolute Gasteiger partial charge is 0.301 e. The summed E-state index contributed by atoms with van der Waals surface area (Å²) in [4.78, 5) is 19.4. The van der Waals surface area contributed by atoms with Crippen molar-refractivity contribution in [1.29, 1.82) is 0 Å². The van der Waals surface area contributed by atoms with Crippen LogP contribution in [0.15, 0.2) is 48.0 Å². The van der Waals surface area contributed by atoms with Gasteiger partial charge in [0.05, 0.1) is 12.2 Å². The van der Waals surface area contributed by atoms with Crippen molar-refractivity contribution in [3.05, 3.63) is 64.9 Å². The second-order valence-electron chi connectivity index (χ2n) is 8.42. The third-order valence-corrected chi connectivity index (χ3v) is 6.97. The van der Waals surface area contributed by atoms with Crippen molar-refractivity contribution in [2.24, 2.45) is 0 Å². The van der Waals surface area contributed by atoms with Crippen molar-refractivity contribution in [2.45, 2.75) is 32.6 Å². The van der Waals surface area contributed by atoms with Crippen LogP contribution in [0.4, 0.5) is 5.13 Å². The SMILES string of the molecule is Cc1ccc(-c2csc(NC(=O)CN3CCC(c4nnc5ccccn45)CC3)n2)cc1C. The fourth-order valence-electron chi connectivity index (χ4n) is 4.21. The molecule has 164 valence electrons. The number of hydrogen-bond acceptors (Lipinski definition) is 6. The lowest BCUT2D eigenvalue weighted by atomic mass is 9.96. The highest BCUT2D eigenvalue weighted by molar-refractivity contribution is 7.14. The predicted octanol–water partition coefficient (Wildman–Crippen LogP) is 4.29. The lowest BCUT2D eigenvalue weighted by molar-refractivity contribution is -0.117. The molecule has 1 N–H and O–H groups in total. The number of anilines is 1. The van der Waals surface area contributed by atoms with Gasteiger partial charge in [-0.25, -0.2) is 4.98 Å². The first-order chi connectivity index (χ1) is 15.6. The number of nitrogens with one attached hydrogen (secondary N) is 1. The minimum atomic E-state index is -0.0163. The van der Waals surface area contributed by atoms with E-state index in [1.165, 1.54) is 22.5 Å². The fourth-order valence-corrected chi connectivity index (χ4v) is 4.95. The molecule has 1 aromatic carbocycles. The Balaban J connectivity index is 1.15. The molecule has 4 heterocycles. The van der Waals surface area contributed by atoms with Gasteiger partial charge in [0.25, 0.3) is 0 Å². The fraction of sp³-hybridized carbons (Fsp3) is 0.333. The maximum Gasteiger partial charge on any atom is 0.240 e. The maximum atomic E-state index is 12.6. The summed E-state index contributed by atoms with van der Waals surface area (Å²) in [6, 6.07) is 12.3. The Morgan fingerprint density at radius 2 is 1.97 bits per heavy atom. The molecule has 0 atom stereocenters. The van der Waals surface area contributed by atoms with Gasteiger partial charge in [0.2, 0.25) is 5.91 Å². The van der Waals surface area contributed by atoms with Crippen LogP contribution in [-0.2, 0) is 4.79 Å². The standard InChI is InChI=1S/C24H26N6OS/c1-16-6-7-19(13-17(16)2)20-15-32-24(25-20)26-22(31)14-29-11-8-18(9-12-29)23-28-27-21-5-3-4-10-30(21)23/h3-7,10,13,15,18H,8-9,11-12,14H2,1-2H3,(H,25,26,31). The van der Waals surface area contributed by atoms with Gasteiger partial charge in [0.15, 0.2) is 10.8 Å². The molecule has 3 aromatic heterocycles. The molecule has 1 aliphatic rings. The molecule has 0 aliphatic carbocycles. The average Bonchev–Trinajstić information content (AvgIpc) is 3.43. The topological polar surface area (TPSA) is 75.4 Å². The number of benzene rings is 1. The summed E-state index contributed by atoms with van der Waals surface area (Å²) in [5.41, 5.74) is 5.36. The van der Waals surface area contributed by atoms with E-state index in [0.717, 1.165) is 48.7 Å². The van der Waals surface area contributed by atoms with Crippen LogP contribution in [0.2, 0.25) is 0 Å². The first kappa shape index (κ1) is 20.8. The van der Waals surface area contributed by atoms with Crippen LogP contribution < -0.4 is 5.32 Å². The number of likely N-dealkylation sites (tertiary alicyclic amines) is 1. The number of carbonyl (C=O) groups excluding carboxylic acids is 1. The van der Waals surface area contributed by atoms with E-state index in [4.69, 9.17) is 0 Å². The predicted molar refractivity (Wildman–Crippen MR) is 127 cm³/mol.